The van der Waals surface area contributed by atoms with Gasteiger partial charge in [0.2, 0.25) is 0 Å². The lowest BCUT2D eigenvalue weighted by Crippen LogP contribution is -2.09. The Bertz CT molecular complexity index is 770. The van der Waals surface area contributed by atoms with Crippen LogP contribution < -0.4 is 4.74 Å². The van der Waals surface area contributed by atoms with Crippen LogP contribution in [0.5, 0.6) is 5.75 Å². The molecule has 0 amide bonds. The minimum Gasteiger partial charge on any atom is -0.493 e. The maximum absolute atomic E-state index is 12.2. The lowest BCUT2D eigenvalue weighted by molar-refractivity contribution is 0.0487. The summed E-state index contributed by atoms with van der Waals surface area (Å²) in [6.45, 7) is 0.791. The second-order valence-corrected chi connectivity index (χ2v) is 5.18. The van der Waals surface area contributed by atoms with Crippen molar-refractivity contribution in [2.24, 2.45) is 0 Å². The molecule has 1 heterocycles. The molecule has 0 unspecified atom stereocenters. The first-order chi connectivity index (χ1) is 11.8. The quantitative estimate of drug-likeness (QED) is 0.532. The summed E-state index contributed by atoms with van der Waals surface area (Å²) in [7, 11) is 0. The summed E-state index contributed by atoms with van der Waals surface area (Å²) in [6.07, 6.45) is 2.12. The summed E-state index contributed by atoms with van der Waals surface area (Å²) < 4.78 is 10.9. The smallest absolute Gasteiger partial charge is 0.341 e. The molecule has 0 atom stereocenters. The number of hydrogen-bond acceptors (Lipinski definition) is 4. The molecule has 122 valence electrons. The summed E-state index contributed by atoms with van der Waals surface area (Å²) in [5.74, 6) is 0.423. The lowest BCUT2D eigenvalue weighted by atomic mass is 10.1. The van der Waals surface area contributed by atoms with Crippen LogP contribution in [-0.4, -0.2) is 29.4 Å². The van der Waals surface area contributed by atoms with Crippen LogP contribution >= 0.6 is 0 Å². The van der Waals surface area contributed by atoms with Crippen molar-refractivity contribution in [2.45, 2.75) is 6.42 Å². The maximum atomic E-state index is 12.2. The van der Waals surface area contributed by atoms with Crippen molar-refractivity contribution in [3.05, 3.63) is 72.4 Å². The largest absolute Gasteiger partial charge is 0.493 e. The van der Waals surface area contributed by atoms with Gasteiger partial charge in [-0.2, -0.15) is 5.10 Å². The molecule has 3 aromatic rings. The third kappa shape index (κ3) is 4.01. The van der Waals surface area contributed by atoms with Gasteiger partial charge in [-0.25, -0.2) is 4.79 Å². The van der Waals surface area contributed by atoms with E-state index in [1.54, 1.807) is 0 Å². The number of nitrogens with one attached hydrogen (secondary N) is 1. The molecular weight excluding hydrogens is 304 g/mol. The van der Waals surface area contributed by atoms with Gasteiger partial charge in [0.15, 0.2) is 0 Å². The van der Waals surface area contributed by atoms with Crippen molar-refractivity contribution in [2.75, 3.05) is 13.2 Å². The molecule has 0 radical (unpaired) electrons. The van der Waals surface area contributed by atoms with Crippen molar-refractivity contribution in [1.29, 1.82) is 0 Å². The fourth-order valence-electron chi connectivity index (χ4n) is 2.27. The van der Waals surface area contributed by atoms with Gasteiger partial charge in [0.05, 0.1) is 25.1 Å². The molecule has 0 bridgehead atoms. The van der Waals surface area contributed by atoms with Gasteiger partial charge in [-0.05, 0) is 12.1 Å². The number of H-pyrrole nitrogens is 1. The standard InChI is InChI=1S/C19H18N2O3/c22-19(24-13-7-12-23-16-10-5-2-6-11-16)17-14-20-21-18(17)15-8-3-1-4-9-15/h1-6,8-11,14H,7,12-13H2,(H,20,21). The molecule has 3 rings (SSSR count). The first-order valence-electron chi connectivity index (χ1n) is 7.78. The average molecular weight is 322 g/mol. The zero-order valence-electron chi connectivity index (χ0n) is 13.1. The van der Waals surface area contributed by atoms with Gasteiger partial charge in [0, 0.05) is 12.0 Å². The summed E-state index contributed by atoms with van der Waals surface area (Å²) in [6, 6.07) is 19.1. The van der Waals surface area contributed by atoms with Gasteiger partial charge in [-0.1, -0.05) is 48.5 Å². The van der Waals surface area contributed by atoms with Crippen LogP contribution in [0.4, 0.5) is 0 Å². The van der Waals surface area contributed by atoms with Crippen LogP contribution in [-0.2, 0) is 4.74 Å². The Morgan fingerprint density at radius 3 is 2.42 bits per heavy atom. The fourth-order valence-corrected chi connectivity index (χ4v) is 2.27. The number of aromatic amines is 1. The van der Waals surface area contributed by atoms with E-state index in [-0.39, 0.29) is 5.97 Å². The number of rotatable bonds is 7. The van der Waals surface area contributed by atoms with Crippen LogP contribution in [0.25, 0.3) is 11.3 Å². The average Bonchev–Trinajstić information content (AvgIpc) is 3.13. The summed E-state index contributed by atoms with van der Waals surface area (Å²) in [5.41, 5.74) is 2.00. The van der Waals surface area contributed by atoms with Crippen molar-refractivity contribution < 1.29 is 14.3 Å². The summed E-state index contributed by atoms with van der Waals surface area (Å²) in [5, 5.41) is 6.80. The van der Waals surface area contributed by atoms with E-state index in [1.165, 1.54) is 6.20 Å². The van der Waals surface area contributed by atoms with Gasteiger partial charge in [-0.15, -0.1) is 0 Å². The number of carbonyl (C=O) groups excluding carboxylic acids is 1. The van der Waals surface area contributed by atoms with Crippen LogP contribution in [0, 0.1) is 0 Å². The second kappa shape index (κ2) is 7.97. The van der Waals surface area contributed by atoms with Crippen molar-refractivity contribution >= 4 is 5.97 Å². The Hall–Kier alpha value is -3.08. The van der Waals surface area contributed by atoms with Crippen molar-refractivity contribution in [1.82, 2.24) is 10.2 Å². The summed E-state index contributed by atoms with van der Waals surface area (Å²) in [4.78, 5) is 12.2. The number of ether oxygens (including phenoxy) is 2. The van der Waals surface area contributed by atoms with E-state index in [9.17, 15) is 4.79 Å². The molecule has 2 aromatic carbocycles. The zero-order chi connectivity index (χ0) is 16.6. The molecular formula is C19H18N2O3. The first kappa shape index (κ1) is 15.8. The Morgan fingerprint density at radius 1 is 0.958 bits per heavy atom. The molecule has 24 heavy (non-hydrogen) atoms. The number of esters is 1. The minimum atomic E-state index is -0.387. The normalized spacial score (nSPS) is 10.3. The molecule has 5 nitrogen and oxygen atoms in total. The highest BCUT2D eigenvalue weighted by molar-refractivity contribution is 5.95. The van der Waals surface area contributed by atoms with Crippen LogP contribution in [0.3, 0.4) is 0 Å². The lowest BCUT2D eigenvalue weighted by Gasteiger charge is -2.07. The minimum absolute atomic E-state index is 0.297. The number of hydrogen-bond donors (Lipinski definition) is 1. The maximum Gasteiger partial charge on any atom is 0.341 e. The molecule has 0 fully saturated rings. The van der Waals surface area contributed by atoms with E-state index in [0.29, 0.717) is 30.9 Å². The van der Waals surface area contributed by atoms with Crippen LogP contribution in [0.1, 0.15) is 16.8 Å². The molecule has 5 heteroatoms. The number of benzene rings is 2. The third-order valence-corrected chi connectivity index (χ3v) is 3.46. The van der Waals surface area contributed by atoms with Gasteiger partial charge >= 0.3 is 5.97 Å². The third-order valence-electron chi connectivity index (χ3n) is 3.46. The Balaban J connectivity index is 1.49. The highest BCUT2D eigenvalue weighted by Crippen LogP contribution is 2.21. The number of para-hydroxylation sites is 1. The van der Waals surface area contributed by atoms with Gasteiger partial charge in [0.1, 0.15) is 11.3 Å². The molecule has 0 aliphatic rings. The Morgan fingerprint density at radius 2 is 1.67 bits per heavy atom. The molecule has 1 aromatic heterocycles. The predicted molar refractivity (Wildman–Crippen MR) is 90.9 cm³/mol. The van der Waals surface area contributed by atoms with Crippen LogP contribution in [0.15, 0.2) is 66.9 Å². The molecule has 0 saturated carbocycles. The molecule has 0 aliphatic carbocycles. The van der Waals surface area contributed by atoms with Gasteiger partial charge < -0.3 is 9.47 Å². The van der Waals surface area contributed by atoms with E-state index in [0.717, 1.165) is 11.3 Å². The van der Waals surface area contributed by atoms with E-state index < -0.39 is 0 Å². The monoisotopic (exact) mass is 322 g/mol. The topological polar surface area (TPSA) is 64.2 Å². The Labute approximate surface area is 140 Å². The van der Waals surface area contributed by atoms with Crippen molar-refractivity contribution in [3.8, 4) is 17.0 Å². The highest BCUT2D eigenvalue weighted by atomic mass is 16.5. The number of aromatic nitrogens is 2. The number of carbonyl (C=O) groups is 1. The van der Waals surface area contributed by atoms with Gasteiger partial charge in [-0.3, -0.25) is 5.10 Å². The SMILES string of the molecule is O=C(OCCCOc1ccccc1)c1cn[nH]c1-c1ccccc1. The summed E-state index contributed by atoms with van der Waals surface area (Å²) >= 11 is 0. The van der Waals surface area contributed by atoms with E-state index in [4.69, 9.17) is 9.47 Å². The molecule has 0 spiro atoms. The molecule has 0 saturated heterocycles. The Kier molecular flexibility index (Phi) is 5.24. The first-order valence-corrected chi connectivity index (χ1v) is 7.78. The van der Waals surface area contributed by atoms with E-state index in [1.807, 2.05) is 60.7 Å². The second-order valence-electron chi connectivity index (χ2n) is 5.18. The predicted octanol–water partition coefficient (Wildman–Crippen LogP) is 3.70. The van der Waals surface area contributed by atoms with Crippen LogP contribution in [0.2, 0.25) is 0 Å². The highest BCUT2D eigenvalue weighted by Gasteiger charge is 2.16. The zero-order valence-corrected chi connectivity index (χ0v) is 13.1. The van der Waals surface area contributed by atoms with Gasteiger partial charge in [0.25, 0.3) is 0 Å². The van der Waals surface area contributed by atoms with E-state index >= 15 is 0 Å². The molecule has 0 aliphatic heterocycles. The van der Waals surface area contributed by atoms with Crippen molar-refractivity contribution in [3.63, 3.8) is 0 Å². The fraction of sp³-hybridized carbons (Fsp3) is 0.158. The van der Waals surface area contributed by atoms with E-state index in [2.05, 4.69) is 10.2 Å². The number of nitrogens with zero attached hydrogens (tertiary/aromatic N) is 1. The molecule has 1 N–H and O–H groups in total.